The Morgan fingerprint density at radius 3 is 2.42 bits per heavy atom. The first-order valence-corrected chi connectivity index (χ1v) is 7.62. The molecule has 8 heteroatoms. The first-order valence-electron chi connectivity index (χ1n) is 7.62. The topological polar surface area (TPSA) is 64.6 Å². The van der Waals surface area contributed by atoms with Crippen molar-refractivity contribution in [2.75, 3.05) is 0 Å². The Labute approximate surface area is 147 Å². The number of hydrogen-bond acceptors (Lipinski definition) is 4. The number of Topliss-reactive ketones (excluding diaryl/α,β-unsaturated/α-hetero) is 1. The molecule has 0 spiro atoms. The molecule has 0 saturated heterocycles. The first-order chi connectivity index (χ1) is 12.2. The molecule has 1 atom stereocenters. The van der Waals surface area contributed by atoms with Crippen LogP contribution in [0, 0.1) is 0 Å². The predicted octanol–water partition coefficient (Wildman–Crippen LogP) is 4.08. The highest BCUT2D eigenvalue weighted by molar-refractivity contribution is 6.01. The molecule has 26 heavy (non-hydrogen) atoms. The molecule has 0 aliphatic heterocycles. The second-order valence-electron chi connectivity index (χ2n) is 5.37. The van der Waals surface area contributed by atoms with Crippen LogP contribution in [0.3, 0.4) is 0 Å². The summed E-state index contributed by atoms with van der Waals surface area (Å²) in [6, 6.07) is 12.6. The number of amides is 1. The molecule has 0 bridgehead atoms. The van der Waals surface area contributed by atoms with Crippen molar-refractivity contribution in [1.82, 2.24) is 5.32 Å². The van der Waals surface area contributed by atoms with Crippen LogP contribution in [-0.2, 0) is 11.3 Å². The van der Waals surface area contributed by atoms with Gasteiger partial charge in [-0.25, -0.2) is 4.79 Å². The molecule has 2 aromatic rings. The van der Waals surface area contributed by atoms with Gasteiger partial charge in [0.2, 0.25) is 0 Å². The molecule has 0 saturated carbocycles. The van der Waals surface area contributed by atoms with Gasteiger partial charge in [0.15, 0.2) is 5.78 Å². The SMILES string of the molecule is CC(NC(=O)OCc1ccccc1)C(=O)c1cccc(OC(F)(F)F)c1. The Morgan fingerprint density at radius 1 is 1.08 bits per heavy atom. The number of hydrogen-bond donors (Lipinski definition) is 1. The Kier molecular flexibility index (Phi) is 6.21. The average Bonchev–Trinajstić information content (AvgIpc) is 2.59. The van der Waals surface area contributed by atoms with Gasteiger partial charge in [-0.05, 0) is 24.6 Å². The Bertz CT molecular complexity index is 763. The van der Waals surface area contributed by atoms with E-state index in [2.05, 4.69) is 10.1 Å². The summed E-state index contributed by atoms with van der Waals surface area (Å²) >= 11 is 0. The number of ketones is 1. The van der Waals surface area contributed by atoms with Crippen molar-refractivity contribution < 1.29 is 32.2 Å². The zero-order valence-electron chi connectivity index (χ0n) is 13.7. The highest BCUT2D eigenvalue weighted by Gasteiger charge is 2.31. The molecule has 1 unspecified atom stereocenters. The van der Waals surface area contributed by atoms with Crippen LogP contribution in [0.5, 0.6) is 5.75 Å². The third kappa shape index (κ3) is 6.12. The third-order valence-corrected chi connectivity index (χ3v) is 3.29. The molecule has 0 aliphatic carbocycles. The van der Waals surface area contributed by atoms with E-state index in [0.29, 0.717) is 0 Å². The van der Waals surface area contributed by atoms with Crippen LogP contribution in [0.1, 0.15) is 22.8 Å². The molecule has 2 rings (SSSR count). The fourth-order valence-corrected chi connectivity index (χ4v) is 2.10. The minimum atomic E-state index is -4.85. The molecule has 2 aromatic carbocycles. The Morgan fingerprint density at radius 2 is 1.77 bits per heavy atom. The van der Waals surface area contributed by atoms with Gasteiger partial charge in [0.1, 0.15) is 12.4 Å². The van der Waals surface area contributed by atoms with E-state index in [1.807, 2.05) is 6.07 Å². The lowest BCUT2D eigenvalue weighted by molar-refractivity contribution is -0.274. The summed E-state index contributed by atoms with van der Waals surface area (Å²) in [5.41, 5.74) is 0.751. The smallest absolute Gasteiger partial charge is 0.445 e. The lowest BCUT2D eigenvalue weighted by Gasteiger charge is -2.14. The summed E-state index contributed by atoms with van der Waals surface area (Å²) < 4.78 is 45.5. The molecule has 0 radical (unpaired) electrons. The summed E-state index contributed by atoms with van der Waals surface area (Å²) in [5.74, 6) is -1.09. The van der Waals surface area contributed by atoms with Gasteiger partial charge >= 0.3 is 12.5 Å². The van der Waals surface area contributed by atoms with Gasteiger partial charge < -0.3 is 14.8 Å². The summed E-state index contributed by atoms with van der Waals surface area (Å²) in [7, 11) is 0. The largest absolute Gasteiger partial charge is 0.573 e. The standard InChI is InChI=1S/C18H16F3NO4/c1-12(22-17(24)25-11-13-6-3-2-4-7-13)16(23)14-8-5-9-15(10-14)26-18(19,20)21/h2-10,12H,11H2,1H3,(H,22,24). The first kappa shape index (κ1) is 19.3. The molecule has 0 aliphatic rings. The van der Waals surface area contributed by atoms with Gasteiger partial charge in [-0.3, -0.25) is 4.79 Å². The monoisotopic (exact) mass is 367 g/mol. The van der Waals surface area contributed by atoms with Crippen LogP contribution in [0.15, 0.2) is 54.6 Å². The number of ether oxygens (including phenoxy) is 2. The Hall–Kier alpha value is -3.03. The molecule has 138 valence electrons. The Balaban J connectivity index is 1.92. The van der Waals surface area contributed by atoms with Crippen molar-refractivity contribution in [2.45, 2.75) is 25.9 Å². The molecule has 0 fully saturated rings. The maximum atomic E-state index is 12.3. The van der Waals surface area contributed by atoms with Crippen molar-refractivity contribution >= 4 is 11.9 Å². The summed E-state index contributed by atoms with van der Waals surface area (Å²) in [6.45, 7) is 1.44. The van der Waals surface area contributed by atoms with Crippen LogP contribution in [0.25, 0.3) is 0 Å². The molecule has 1 N–H and O–H groups in total. The van der Waals surface area contributed by atoms with Crippen LogP contribution >= 0.6 is 0 Å². The average molecular weight is 367 g/mol. The third-order valence-electron chi connectivity index (χ3n) is 3.29. The number of halogens is 3. The minimum absolute atomic E-state index is 0.0254. The molecular formula is C18H16F3NO4. The summed E-state index contributed by atoms with van der Waals surface area (Å²) in [5, 5.41) is 2.34. The van der Waals surface area contributed by atoms with Crippen molar-refractivity contribution in [1.29, 1.82) is 0 Å². The van der Waals surface area contributed by atoms with Gasteiger partial charge in [-0.1, -0.05) is 42.5 Å². The minimum Gasteiger partial charge on any atom is -0.445 e. The van der Waals surface area contributed by atoms with E-state index in [9.17, 15) is 22.8 Å². The number of rotatable bonds is 6. The van der Waals surface area contributed by atoms with Gasteiger partial charge in [-0.2, -0.15) is 0 Å². The highest BCUT2D eigenvalue weighted by Crippen LogP contribution is 2.23. The number of alkyl carbamates (subject to hydrolysis) is 1. The number of carbonyl (C=O) groups is 2. The van der Waals surface area contributed by atoms with Gasteiger partial charge in [-0.15, -0.1) is 13.2 Å². The molecule has 5 nitrogen and oxygen atoms in total. The molecule has 0 aromatic heterocycles. The van der Waals surface area contributed by atoms with E-state index in [1.54, 1.807) is 24.3 Å². The maximum absolute atomic E-state index is 12.3. The fraction of sp³-hybridized carbons (Fsp3) is 0.222. The van der Waals surface area contributed by atoms with E-state index >= 15 is 0 Å². The molecule has 0 heterocycles. The lowest BCUT2D eigenvalue weighted by Crippen LogP contribution is -2.38. The summed E-state index contributed by atoms with van der Waals surface area (Å²) in [6.07, 6.45) is -5.66. The molecular weight excluding hydrogens is 351 g/mol. The number of alkyl halides is 3. The second-order valence-corrected chi connectivity index (χ2v) is 5.37. The quantitative estimate of drug-likeness (QED) is 0.782. The number of nitrogens with one attached hydrogen (secondary N) is 1. The van der Waals surface area contributed by atoms with E-state index in [-0.39, 0.29) is 12.2 Å². The maximum Gasteiger partial charge on any atom is 0.573 e. The predicted molar refractivity (Wildman–Crippen MR) is 86.7 cm³/mol. The zero-order valence-corrected chi connectivity index (χ0v) is 13.7. The number of carbonyl (C=O) groups excluding carboxylic acids is 2. The van der Waals surface area contributed by atoms with E-state index in [0.717, 1.165) is 17.7 Å². The number of benzene rings is 2. The van der Waals surface area contributed by atoms with Crippen molar-refractivity contribution in [3.05, 3.63) is 65.7 Å². The van der Waals surface area contributed by atoms with Crippen LogP contribution in [0.2, 0.25) is 0 Å². The second kappa shape index (κ2) is 8.37. The van der Waals surface area contributed by atoms with Gasteiger partial charge in [0.05, 0.1) is 6.04 Å². The highest BCUT2D eigenvalue weighted by atomic mass is 19.4. The summed E-state index contributed by atoms with van der Waals surface area (Å²) in [4.78, 5) is 24.0. The van der Waals surface area contributed by atoms with E-state index < -0.39 is 30.0 Å². The normalized spacial score (nSPS) is 12.2. The van der Waals surface area contributed by atoms with Crippen molar-refractivity contribution in [3.63, 3.8) is 0 Å². The lowest BCUT2D eigenvalue weighted by atomic mass is 10.1. The molecule has 1 amide bonds. The van der Waals surface area contributed by atoms with Crippen LogP contribution < -0.4 is 10.1 Å². The van der Waals surface area contributed by atoms with Crippen molar-refractivity contribution in [3.8, 4) is 5.75 Å². The van der Waals surface area contributed by atoms with Gasteiger partial charge in [0.25, 0.3) is 0 Å². The van der Waals surface area contributed by atoms with E-state index in [1.165, 1.54) is 19.1 Å². The van der Waals surface area contributed by atoms with Crippen LogP contribution in [-0.4, -0.2) is 24.3 Å². The van der Waals surface area contributed by atoms with Crippen molar-refractivity contribution in [2.24, 2.45) is 0 Å². The zero-order chi connectivity index (χ0) is 19.2. The van der Waals surface area contributed by atoms with Crippen LogP contribution in [0.4, 0.5) is 18.0 Å². The van der Waals surface area contributed by atoms with E-state index in [4.69, 9.17) is 4.74 Å². The fourth-order valence-electron chi connectivity index (χ4n) is 2.10. The van der Waals surface area contributed by atoms with Gasteiger partial charge in [0, 0.05) is 5.56 Å².